The van der Waals surface area contributed by atoms with Crippen molar-refractivity contribution in [2.24, 2.45) is 11.3 Å². The molecule has 1 N–H and O–H groups in total. The van der Waals surface area contributed by atoms with Gasteiger partial charge in [-0.3, -0.25) is 9.59 Å². The Morgan fingerprint density at radius 2 is 2.16 bits per heavy atom. The second kappa shape index (κ2) is 4.75. The Hall–Kier alpha value is -1.16. The van der Waals surface area contributed by atoms with Crippen molar-refractivity contribution < 1.29 is 19.4 Å². The van der Waals surface area contributed by atoms with E-state index >= 15 is 0 Å². The van der Waals surface area contributed by atoms with Crippen LogP contribution in [0.2, 0.25) is 0 Å². The Morgan fingerprint density at radius 3 is 2.79 bits per heavy atom. The highest BCUT2D eigenvalue weighted by Gasteiger charge is 2.50. The summed E-state index contributed by atoms with van der Waals surface area (Å²) in [6, 6.07) is 0. The Morgan fingerprint density at radius 1 is 1.47 bits per heavy atom. The Bertz CT molecular complexity index is 435. The smallest absolute Gasteiger partial charge is 0.310 e. The predicted octanol–water partition coefficient (Wildman–Crippen LogP) is 2.01. The van der Waals surface area contributed by atoms with Gasteiger partial charge in [0, 0.05) is 17.9 Å². The molecule has 0 unspecified atom stereocenters. The number of hydrogen-bond donors (Lipinski definition) is 1. The van der Waals surface area contributed by atoms with E-state index in [0.717, 1.165) is 19.3 Å². The van der Waals surface area contributed by atoms with Crippen LogP contribution in [0.3, 0.4) is 0 Å². The zero-order valence-electron chi connectivity index (χ0n) is 11.9. The molecule has 0 saturated heterocycles. The zero-order valence-corrected chi connectivity index (χ0v) is 11.9. The standard InChI is InChI=1S/C15H22O4/c1-14-5-4-6-15(2,18)12(14)7-10(11(16)9-14)8-13(17)19-3/h7,12,18H,4-6,8-9H2,1-3H3/t12-,14-,15+/m1/s1. The highest BCUT2D eigenvalue weighted by Crippen LogP contribution is 2.52. The molecular formula is C15H22O4. The van der Waals surface area contributed by atoms with Crippen molar-refractivity contribution >= 4 is 11.8 Å². The van der Waals surface area contributed by atoms with Crippen LogP contribution < -0.4 is 0 Å². The number of fused-ring (bicyclic) bond motifs is 1. The molecule has 0 bridgehead atoms. The average Bonchev–Trinajstić information content (AvgIpc) is 2.30. The van der Waals surface area contributed by atoms with E-state index in [1.54, 1.807) is 0 Å². The van der Waals surface area contributed by atoms with Crippen molar-refractivity contribution in [2.75, 3.05) is 7.11 Å². The maximum Gasteiger partial charge on any atom is 0.310 e. The number of hydrogen-bond acceptors (Lipinski definition) is 4. The molecule has 2 aliphatic rings. The van der Waals surface area contributed by atoms with Crippen LogP contribution in [-0.2, 0) is 14.3 Å². The van der Waals surface area contributed by atoms with Gasteiger partial charge in [-0.2, -0.15) is 0 Å². The summed E-state index contributed by atoms with van der Waals surface area (Å²) < 4.78 is 4.62. The zero-order chi connectivity index (χ0) is 14.3. The van der Waals surface area contributed by atoms with Crippen molar-refractivity contribution in [3.8, 4) is 0 Å². The number of ether oxygens (including phenoxy) is 1. The summed E-state index contributed by atoms with van der Waals surface area (Å²) in [6.45, 7) is 3.89. The minimum atomic E-state index is -0.797. The highest BCUT2D eigenvalue weighted by molar-refractivity contribution is 6.00. The average molecular weight is 266 g/mol. The highest BCUT2D eigenvalue weighted by atomic mass is 16.5. The summed E-state index contributed by atoms with van der Waals surface area (Å²) in [5.74, 6) is -0.452. The quantitative estimate of drug-likeness (QED) is 0.776. The molecule has 0 aromatic heterocycles. The molecule has 0 spiro atoms. The lowest BCUT2D eigenvalue weighted by Crippen LogP contribution is -2.50. The van der Waals surface area contributed by atoms with E-state index in [2.05, 4.69) is 11.7 Å². The lowest BCUT2D eigenvalue weighted by Gasteiger charge is -2.50. The number of carbonyl (C=O) groups is 2. The molecule has 1 saturated carbocycles. The molecule has 2 rings (SSSR count). The van der Waals surface area contributed by atoms with Gasteiger partial charge in [0.25, 0.3) is 0 Å². The van der Waals surface area contributed by atoms with Gasteiger partial charge in [0.15, 0.2) is 5.78 Å². The summed E-state index contributed by atoms with van der Waals surface area (Å²) in [6.07, 6.45) is 4.87. The van der Waals surface area contributed by atoms with Gasteiger partial charge in [0.1, 0.15) is 0 Å². The number of ketones is 1. The van der Waals surface area contributed by atoms with Gasteiger partial charge in [-0.05, 0) is 25.2 Å². The molecule has 1 fully saturated rings. The second-order valence-electron chi connectivity index (χ2n) is 6.39. The van der Waals surface area contributed by atoms with Crippen LogP contribution in [0, 0.1) is 11.3 Å². The molecular weight excluding hydrogens is 244 g/mol. The van der Waals surface area contributed by atoms with E-state index in [-0.39, 0.29) is 23.5 Å². The minimum Gasteiger partial charge on any atom is -0.469 e. The third-order valence-electron chi connectivity index (χ3n) is 4.70. The van der Waals surface area contributed by atoms with E-state index in [1.165, 1.54) is 7.11 Å². The number of carbonyl (C=O) groups excluding carboxylic acids is 2. The molecule has 0 aliphatic heterocycles. The first kappa shape index (κ1) is 14.3. The lowest BCUT2D eigenvalue weighted by atomic mass is 9.56. The van der Waals surface area contributed by atoms with Crippen LogP contribution in [0.25, 0.3) is 0 Å². The van der Waals surface area contributed by atoms with Crippen LogP contribution in [0.1, 0.15) is 46.0 Å². The predicted molar refractivity (Wildman–Crippen MR) is 70.4 cm³/mol. The molecule has 0 aromatic rings. The van der Waals surface area contributed by atoms with Gasteiger partial charge in [-0.25, -0.2) is 0 Å². The molecule has 0 heterocycles. The van der Waals surface area contributed by atoms with Crippen molar-refractivity contribution in [1.82, 2.24) is 0 Å². The van der Waals surface area contributed by atoms with Gasteiger partial charge in [0.05, 0.1) is 19.1 Å². The molecule has 4 heteroatoms. The SMILES string of the molecule is COC(=O)CC1=C[C@@H]2[C@](C)(CCC[C@]2(C)O)CC1=O. The number of aliphatic hydroxyl groups is 1. The Kier molecular flexibility index (Phi) is 3.56. The monoisotopic (exact) mass is 266 g/mol. The summed E-state index contributed by atoms with van der Waals surface area (Å²) in [7, 11) is 1.32. The summed E-state index contributed by atoms with van der Waals surface area (Å²) in [5.41, 5.74) is -0.482. The fraction of sp³-hybridized carbons (Fsp3) is 0.733. The lowest BCUT2D eigenvalue weighted by molar-refractivity contribution is -0.141. The van der Waals surface area contributed by atoms with Crippen LogP contribution in [-0.4, -0.2) is 29.6 Å². The summed E-state index contributed by atoms with van der Waals surface area (Å²) >= 11 is 0. The first-order chi connectivity index (χ1) is 8.78. The first-order valence-electron chi connectivity index (χ1n) is 6.81. The molecule has 2 aliphatic carbocycles. The molecule has 19 heavy (non-hydrogen) atoms. The van der Waals surface area contributed by atoms with Crippen molar-refractivity contribution in [3.05, 3.63) is 11.6 Å². The molecule has 4 nitrogen and oxygen atoms in total. The van der Waals surface area contributed by atoms with Gasteiger partial charge >= 0.3 is 5.97 Å². The molecule has 3 atom stereocenters. The van der Waals surface area contributed by atoms with Gasteiger partial charge in [-0.1, -0.05) is 19.4 Å². The van der Waals surface area contributed by atoms with Crippen molar-refractivity contribution in [2.45, 2.75) is 51.6 Å². The molecule has 0 amide bonds. The second-order valence-corrected chi connectivity index (χ2v) is 6.39. The fourth-order valence-corrected chi connectivity index (χ4v) is 3.65. The van der Waals surface area contributed by atoms with Gasteiger partial charge < -0.3 is 9.84 Å². The van der Waals surface area contributed by atoms with Crippen molar-refractivity contribution in [1.29, 1.82) is 0 Å². The minimum absolute atomic E-state index is 0.0119. The van der Waals surface area contributed by atoms with Crippen LogP contribution in [0.4, 0.5) is 0 Å². The maximum absolute atomic E-state index is 12.2. The molecule has 106 valence electrons. The third-order valence-corrected chi connectivity index (χ3v) is 4.70. The number of Topliss-reactive ketones (excluding diaryl/α,β-unsaturated/α-hetero) is 1. The molecule has 0 aromatic carbocycles. The first-order valence-corrected chi connectivity index (χ1v) is 6.81. The summed E-state index contributed by atoms with van der Waals surface area (Å²) in [4.78, 5) is 23.5. The largest absolute Gasteiger partial charge is 0.469 e. The summed E-state index contributed by atoms with van der Waals surface area (Å²) in [5, 5.41) is 10.6. The van der Waals surface area contributed by atoms with E-state index in [1.807, 2.05) is 13.0 Å². The third kappa shape index (κ3) is 2.59. The van der Waals surface area contributed by atoms with Crippen molar-refractivity contribution in [3.63, 3.8) is 0 Å². The fourth-order valence-electron chi connectivity index (χ4n) is 3.65. The number of esters is 1. The van der Waals surface area contributed by atoms with E-state index < -0.39 is 11.6 Å². The number of rotatable bonds is 2. The van der Waals surface area contributed by atoms with Gasteiger partial charge in [-0.15, -0.1) is 0 Å². The number of methoxy groups -OCH3 is 1. The normalized spacial score (nSPS) is 38.4. The van der Waals surface area contributed by atoms with Crippen LogP contribution in [0.15, 0.2) is 11.6 Å². The Balaban J connectivity index is 2.32. The van der Waals surface area contributed by atoms with Crippen LogP contribution in [0.5, 0.6) is 0 Å². The van der Waals surface area contributed by atoms with Gasteiger partial charge in [0.2, 0.25) is 0 Å². The molecule has 0 radical (unpaired) electrons. The van der Waals surface area contributed by atoms with E-state index in [0.29, 0.717) is 12.0 Å². The van der Waals surface area contributed by atoms with E-state index in [4.69, 9.17) is 0 Å². The Labute approximate surface area is 113 Å². The maximum atomic E-state index is 12.2. The van der Waals surface area contributed by atoms with Crippen LogP contribution >= 0.6 is 0 Å². The topological polar surface area (TPSA) is 63.6 Å². The van der Waals surface area contributed by atoms with E-state index in [9.17, 15) is 14.7 Å².